The number of carbonyl (C=O) groups excluding carboxylic acids is 2. The van der Waals surface area contributed by atoms with Crippen molar-refractivity contribution in [2.45, 2.75) is 26.2 Å². The van der Waals surface area contributed by atoms with Crippen LogP contribution < -0.4 is 5.32 Å². The van der Waals surface area contributed by atoms with Gasteiger partial charge < -0.3 is 4.90 Å². The molecule has 0 radical (unpaired) electrons. The first-order chi connectivity index (χ1) is 7.03. The Morgan fingerprint density at radius 1 is 1.33 bits per heavy atom. The quantitative estimate of drug-likeness (QED) is 0.588. The van der Waals surface area contributed by atoms with Gasteiger partial charge >= 0.3 is 0 Å². The molecule has 15 heavy (non-hydrogen) atoms. The Morgan fingerprint density at radius 2 is 1.93 bits per heavy atom. The Bertz CT molecular complexity index is 293. The summed E-state index contributed by atoms with van der Waals surface area (Å²) in [6, 6.07) is 0. The monoisotopic (exact) mass is 210 g/mol. The van der Waals surface area contributed by atoms with Crippen molar-refractivity contribution in [1.82, 2.24) is 10.2 Å². The van der Waals surface area contributed by atoms with Crippen molar-refractivity contribution in [2.75, 3.05) is 20.1 Å². The fourth-order valence-corrected chi connectivity index (χ4v) is 2.71. The molecule has 2 amide bonds. The molecule has 0 aromatic rings. The van der Waals surface area contributed by atoms with E-state index in [1.165, 1.54) is 0 Å². The molecule has 2 aliphatic rings. The van der Waals surface area contributed by atoms with E-state index in [-0.39, 0.29) is 23.1 Å². The van der Waals surface area contributed by atoms with E-state index in [0.29, 0.717) is 6.42 Å². The van der Waals surface area contributed by atoms with Gasteiger partial charge in [0.05, 0.1) is 0 Å². The van der Waals surface area contributed by atoms with Gasteiger partial charge in [-0.2, -0.15) is 0 Å². The maximum atomic E-state index is 11.6. The third-order valence-electron chi connectivity index (χ3n) is 4.07. The topological polar surface area (TPSA) is 49.4 Å². The summed E-state index contributed by atoms with van der Waals surface area (Å²) in [4.78, 5) is 25.3. The van der Waals surface area contributed by atoms with Crippen LogP contribution in [0.3, 0.4) is 0 Å². The second-order valence-corrected chi connectivity index (χ2v) is 4.98. The number of rotatable bonds is 0. The second-order valence-electron chi connectivity index (χ2n) is 4.98. The molecule has 4 nitrogen and oxygen atoms in total. The molecular weight excluding hydrogens is 192 g/mol. The summed E-state index contributed by atoms with van der Waals surface area (Å²) in [6.07, 6.45) is 2.45. The Morgan fingerprint density at radius 3 is 2.53 bits per heavy atom. The SMILES string of the molecule is CC1C(=O)NC(=O)CC12CCN(C)CC2. The van der Waals surface area contributed by atoms with E-state index in [1.807, 2.05) is 6.92 Å². The first-order valence-electron chi connectivity index (χ1n) is 5.56. The molecule has 1 N–H and O–H groups in total. The third kappa shape index (κ3) is 1.78. The minimum Gasteiger partial charge on any atom is -0.306 e. The Hall–Kier alpha value is -0.900. The molecular formula is C11H18N2O2. The van der Waals surface area contributed by atoms with Crippen molar-refractivity contribution in [2.24, 2.45) is 11.3 Å². The summed E-state index contributed by atoms with van der Waals surface area (Å²) in [6.45, 7) is 3.93. The Kier molecular flexibility index (Phi) is 2.54. The zero-order valence-corrected chi connectivity index (χ0v) is 9.38. The molecule has 0 bridgehead atoms. The highest BCUT2D eigenvalue weighted by atomic mass is 16.2. The van der Waals surface area contributed by atoms with Crippen LogP contribution in [0.5, 0.6) is 0 Å². The number of piperidine rings is 2. The Labute approximate surface area is 90.0 Å². The van der Waals surface area contributed by atoms with Crippen LogP contribution in [-0.4, -0.2) is 36.9 Å². The van der Waals surface area contributed by atoms with Gasteiger partial charge in [-0.1, -0.05) is 6.92 Å². The van der Waals surface area contributed by atoms with Crippen LogP contribution in [0.25, 0.3) is 0 Å². The van der Waals surface area contributed by atoms with E-state index in [0.717, 1.165) is 25.9 Å². The van der Waals surface area contributed by atoms with E-state index in [2.05, 4.69) is 17.3 Å². The number of nitrogens with zero attached hydrogens (tertiary/aromatic N) is 1. The molecule has 1 atom stereocenters. The molecule has 2 fully saturated rings. The number of amides is 2. The van der Waals surface area contributed by atoms with Crippen LogP contribution >= 0.6 is 0 Å². The van der Waals surface area contributed by atoms with Gasteiger partial charge in [-0.25, -0.2) is 0 Å². The lowest BCUT2D eigenvalue weighted by Gasteiger charge is -2.45. The highest BCUT2D eigenvalue weighted by molar-refractivity contribution is 5.99. The molecule has 2 saturated heterocycles. The van der Waals surface area contributed by atoms with Gasteiger partial charge in [-0.05, 0) is 38.4 Å². The van der Waals surface area contributed by atoms with Crippen LogP contribution in [0.1, 0.15) is 26.2 Å². The largest absolute Gasteiger partial charge is 0.306 e. The van der Waals surface area contributed by atoms with Crippen molar-refractivity contribution >= 4 is 11.8 Å². The third-order valence-corrected chi connectivity index (χ3v) is 4.07. The number of likely N-dealkylation sites (tertiary alicyclic amines) is 1. The van der Waals surface area contributed by atoms with Gasteiger partial charge in [-0.3, -0.25) is 14.9 Å². The summed E-state index contributed by atoms with van der Waals surface area (Å²) in [5.41, 5.74) is -0.0636. The minimum atomic E-state index is -0.0948. The van der Waals surface area contributed by atoms with Crippen LogP contribution in [0.4, 0.5) is 0 Å². The summed E-state index contributed by atoms with van der Waals surface area (Å²) in [5, 5.41) is 2.42. The average Bonchev–Trinajstić information content (AvgIpc) is 2.19. The van der Waals surface area contributed by atoms with E-state index in [4.69, 9.17) is 0 Å². The first kappa shape index (κ1) is 10.6. The van der Waals surface area contributed by atoms with E-state index < -0.39 is 0 Å². The predicted molar refractivity (Wildman–Crippen MR) is 56.1 cm³/mol. The smallest absolute Gasteiger partial charge is 0.229 e. The molecule has 2 aliphatic heterocycles. The van der Waals surface area contributed by atoms with Crippen LogP contribution in [0.15, 0.2) is 0 Å². The van der Waals surface area contributed by atoms with E-state index in [9.17, 15) is 9.59 Å². The maximum absolute atomic E-state index is 11.6. The minimum absolute atomic E-state index is 0.0242. The summed E-state index contributed by atoms with van der Waals surface area (Å²) in [5.74, 6) is -0.206. The standard InChI is InChI=1S/C11H18N2O2/c1-8-10(15)12-9(14)7-11(8)3-5-13(2)6-4-11/h8H,3-7H2,1-2H3,(H,12,14,15). The zero-order chi connectivity index (χ0) is 11.1. The van der Waals surface area contributed by atoms with E-state index >= 15 is 0 Å². The molecule has 0 aromatic carbocycles. The number of nitrogens with one attached hydrogen (secondary N) is 1. The van der Waals surface area contributed by atoms with Gasteiger partial charge in [0.1, 0.15) is 0 Å². The van der Waals surface area contributed by atoms with Gasteiger partial charge in [0.15, 0.2) is 0 Å². The lowest BCUT2D eigenvalue weighted by molar-refractivity contribution is -0.145. The van der Waals surface area contributed by atoms with Gasteiger partial charge in [-0.15, -0.1) is 0 Å². The lowest BCUT2D eigenvalue weighted by Crippen LogP contribution is -2.54. The average molecular weight is 210 g/mol. The molecule has 0 aromatic heterocycles. The highest BCUT2D eigenvalue weighted by Gasteiger charge is 2.46. The number of hydrogen-bond acceptors (Lipinski definition) is 3. The summed E-state index contributed by atoms with van der Waals surface area (Å²) >= 11 is 0. The number of hydrogen-bond donors (Lipinski definition) is 1. The van der Waals surface area contributed by atoms with E-state index in [1.54, 1.807) is 0 Å². The van der Waals surface area contributed by atoms with Crippen LogP contribution in [0.2, 0.25) is 0 Å². The number of imide groups is 1. The summed E-state index contributed by atoms with van der Waals surface area (Å²) < 4.78 is 0. The van der Waals surface area contributed by atoms with Gasteiger partial charge in [0, 0.05) is 12.3 Å². The second kappa shape index (κ2) is 3.59. The molecule has 4 heteroatoms. The molecule has 2 rings (SSSR count). The fraction of sp³-hybridized carbons (Fsp3) is 0.818. The molecule has 2 heterocycles. The summed E-state index contributed by atoms with van der Waals surface area (Å²) in [7, 11) is 2.09. The zero-order valence-electron chi connectivity index (χ0n) is 9.38. The molecule has 1 unspecified atom stereocenters. The van der Waals surface area contributed by atoms with Crippen LogP contribution in [-0.2, 0) is 9.59 Å². The lowest BCUT2D eigenvalue weighted by atomic mass is 9.65. The number of carbonyl (C=O) groups is 2. The normalized spacial score (nSPS) is 31.7. The van der Waals surface area contributed by atoms with Crippen molar-refractivity contribution in [3.05, 3.63) is 0 Å². The highest BCUT2D eigenvalue weighted by Crippen LogP contribution is 2.43. The van der Waals surface area contributed by atoms with Crippen molar-refractivity contribution in [3.8, 4) is 0 Å². The van der Waals surface area contributed by atoms with Crippen LogP contribution in [0, 0.1) is 11.3 Å². The Balaban J connectivity index is 2.18. The van der Waals surface area contributed by atoms with Crippen molar-refractivity contribution < 1.29 is 9.59 Å². The fourth-order valence-electron chi connectivity index (χ4n) is 2.71. The maximum Gasteiger partial charge on any atom is 0.229 e. The molecule has 1 spiro atoms. The van der Waals surface area contributed by atoms with Gasteiger partial charge in [0.2, 0.25) is 11.8 Å². The predicted octanol–water partition coefficient (Wildman–Crippen LogP) is 0.381. The van der Waals surface area contributed by atoms with Gasteiger partial charge in [0.25, 0.3) is 0 Å². The van der Waals surface area contributed by atoms with Crippen molar-refractivity contribution in [1.29, 1.82) is 0 Å². The molecule has 0 aliphatic carbocycles. The van der Waals surface area contributed by atoms with Crippen molar-refractivity contribution in [3.63, 3.8) is 0 Å². The first-order valence-corrected chi connectivity index (χ1v) is 5.56. The molecule has 0 saturated carbocycles. The molecule has 84 valence electrons.